The lowest BCUT2D eigenvalue weighted by Crippen LogP contribution is -1.97. The van der Waals surface area contributed by atoms with Crippen molar-refractivity contribution < 1.29 is 9.84 Å². The van der Waals surface area contributed by atoms with Crippen LogP contribution in [0.2, 0.25) is 0 Å². The number of benzene rings is 1. The maximum atomic E-state index is 9.94. The predicted octanol–water partition coefficient (Wildman–Crippen LogP) is 2.65. The van der Waals surface area contributed by atoms with E-state index in [1.807, 2.05) is 24.3 Å². The van der Waals surface area contributed by atoms with Crippen LogP contribution in [0.25, 0.3) is 17.1 Å². The van der Waals surface area contributed by atoms with Crippen molar-refractivity contribution in [2.24, 2.45) is 0 Å². The van der Waals surface area contributed by atoms with Gasteiger partial charge in [-0.3, -0.25) is 0 Å². The Morgan fingerprint density at radius 1 is 1.15 bits per heavy atom. The monoisotopic (exact) mass is 267 g/mol. The molecule has 0 fully saturated rings. The number of aromatic hydroxyl groups is 1. The summed E-state index contributed by atoms with van der Waals surface area (Å²) in [5, 5.41) is 14.4. The van der Waals surface area contributed by atoms with E-state index in [0.717, 1.165) is 5.82 Å². The highest BCUT2D eigenvalue weighted by Crippen LogP contribution is 2.31. The fourth-order valence-corrected chi connectivity index (χ4v) is 1.93. The van der Waals surface area contributed by atoms with Crippen molar-refractivity contribution in [1.82, 2.24) is 14.8 Å². The van der Waals surface area contributed by atoms with Crippen molar-refractivity contribution in [3.05, 3.63) is 54.9 Å². The molecular formula is C15H13N3O2. The minimum atomic E-state index is 0.164. The molecule has 0 atom stereocenters. The fourth-order valence-electron chi connectivity index (χ4n) is 1.93. The van der Waals surface area contributed by atoms with Crippen molar-refractivity contribution in [3.8, 4) is 28.6 Å². The van der Waals surface area contributed by atoms with Crippen LogP contribution in [-0.2, 0) is 0 Å². The van der Waals surface area contributed by atoms with Crippen molar-refractivity contribution >= 4 is 0 Å². The molecule has 0 aliphatic heterocycles. The van der Waals surface area contributed by atoms with E-state index in [9.17, 15) is 5.11 Å². The second-order valence-corrected chi connectivity index (χ2v) is 4.22. The third-order valence-electron chi connectivity index (χ3n) is 2.95. The molecule has 1 N–H and O–H groups in total. The third-order valence-corrected chi connectivity index (χ3v) is 2.95. The number of hydrogen-bond acceptors (Lipinski definition) is 4. The van der Waals surface area contributed by atoms with E-state index in [1.54, 1.807) is 42.4 Å². The van der Waals surface area contributed by atoms with Gasteiger partial charge in [0.25, 0.3) is 0 Å². The second kappa shape index (κ2) is 5.05. The summed E-state index contributed by atoms with van der Waals surface area (Å²) in [5.41, 5.74) is 1.28. The Balaban J connectivity index is 2.02. The van der Waals surface area contributed by atoms with Crippen LogP contribution in [-0.4, -0.2) is 27.0 Å². The molecule has 0 aliphatic rings. The molecule has 0 saturated heterocycles. The first kappa shape index (κ1) is 12.2. The van der Waals surface area contributed by atoms with Gasteiger partial charge in [-0.05, 0) is 36.4 Å². The maximum absolute atomic E-state index is 9.94. The highest BCUT2D eigenvalue weighted by molar-refractivity contribution is 5.68. The lowest BCUT2D eigenvalue weighted by Gasteiger charge is -2.05. The summed E-state index contributed by atoms with van der Waals surface area (Å²) in [4.78, 5) is 4.23. The summed E-state index contributed by atoms with van der Waals surface area (Å²) in [6.45, 7) is 0. The third kappa shape index (κ3) is 2.21. The molecule has 5 heteroatoms. The van der Waals surface area contributed by atoms with E-state index in [-0.39, 0.29) is 5.75 Å². The first-order valence-corrected chi connectivity index (χ1v) is 6.12. The van der Waals surface area contributed by atoms with Crippen LogP contribution in [0.1, 0.15) is 0 Å². The van der Waals surface area contributed by atoms with Crippen LogP contribution in [0.5, 0.6) is 11.5 Å². The molecule has 20 heavy (non-hydrogen) atoms. The lowest BCUT2D eigenvalue weighted by molar-refractivity contribution is 0.412. The van der Waals surface area contributed by atoms with Gasteiger partial charge in [0.1, 0.15) is 11.5 Å². The topological polar surface area (TPSA) is 60.2 Å². The van der Waals surface area contributed by atoms with E-state index < -0.39 is 0 Å². The molecule has 0 radical (unpaired) electrons. The molecule has 100 valence electrons. The van der Waals surface area contributed by atoms with Gasteiger partial charge < -0.3 is 9.84 Å². The van der Waals surface area contributed by atoms with Gasteiger partial charge in [0.05, 0.1) is 12.8 Å². The molecule has 5 nitrogen and oxygen atoms in total. The number of aromatic nitrogens is 3. The summed E-state index contributed by atoms with van der Waals surface area (Å²) in [5.74, 6) is 1.56. The van der Waals surface area contributed by atoms with Gasteiger partial charge in [0.15, 0.2) is 5.82 Å². The SMILES string of the molecule is COc1ccc(O)c(-c2ccn(-c3ccccn3)n2)c1. The van der Waals surface area contributed by atoms with Crippen molar-refractivity contribution in [2.75, 3.05) is 7.11 Å². The van der Waals surface area contributed by atoms with Crippen LogP contribution in [0.15, 0.2) is 54.9 Å². The van der Waals surface area contributed by atoms with Crippen LogP contribution in [0.4, 0.5) is 0 Å². The van der Waals surface area contributed by atoms with E-state index in [2.05, 4.69) is 10.1 Å². The number of rotatable bonds is 3. The number of phenols is 1. The maximum Gasteiger partial charge on any atom is 0.153 e. The van der Waals surface area contributed by atoms with Crippen molar-refractivity contribution in [3.63, 3.8) is 0 Å². The predicted molar refractivity (Wildman–Crippen MR) is 75.0 cm³/mol. The quantitative estimate of drug-likeness (QED) is 0.792. The number of ether oxygens (including phenoxy) is 1. The Bertz CT molecular complexity index is 723. The van der Waals surface area contributed by atoms with Gasteiger partial charge in [-0.25, -0.2) is 9.67 Å². The van der Waals surface area contributed by atoms with Crippen molar-refractivity contribution in [1.29, 1.82) is 0 Å². The Hall–Kier alpha value is -2.82. The minimum Gasteiger partial charge on any atom is -0.507 e. The zero-order chi connectivity index (χ0) is 13.9. The summed E-state index contributed by atoms with van der Waals surface area (Å²) in [6, 6.07) is 12.5. The summed E-state index contributed by atoms with van der Waals surface area (Å²) in [7, 11) is 1.59. The molecule has 0 unspecified atom stereocenters. The Kier molecular flexibility index (Phi) is 3.09. The van der Waals surface area contributed by atoms with Gasteiger partial charge in [-0.1, -0.05) is 6.07 Å². The molecule has 2 heterocycles. The lowest BCUT2D eigenvalue weighted by atomic mass is 10.1. The van der Waals surface area contributed by atoms with Crippen LogP contribution >= 0.6 is 0 Å². The summed E-state index contributed by atoms with van der Waals surface area (Å²) in [6.07, 6.45) is 3.51. The van der Waals surface area contributed by atoms with Crippen LogP contribution < -0.4 is 4.74 Å². The molecule has 1 aromatic carbocycles. The number of phenolic OH excluding ortho intramolecular Hbond substituents is 1. The Morgan fingerprint density at radius 3 is 2.80 bits per heavy atom. The average molecular weight is 267 g/mol. The van der Waals surface area contributed by atoms with E-state index >= 15 is 0 Å². The van der Waals surface area contributed by atoms with E-state index in [0.29, 0.717) is 17.0 Å². The van der Waals surface area contributed by atoms with Crippen LogP contribution in [0, 0.1) is 0 Å². The Labute approximate surface area is 116 Å². The summed E-state index contributed by atoms with van der Waals surface area (Å²) < 4.78 is 6.83. The van der Waals surface area contributed by atoms with Gasteiger partial charge >= 0.3 is 0 Å². The Morgan fingerprint density at radius 2 is 2.05 bits per heavy atom. The van der Waals surface area contributed by atoms with Gasteiger partial charge in [0, 0.05) is 18.0 Å². The first-order chi connectivity index (χ1) is 9.78. The second-order valence-electron chi connectivity index (χ2n) is 4.22. The molecule has 0 saturated carbocycles. The van der Waals surface area contributed by atoms with E-state index in [4.69, 9.17) is 4.74 Å². The molecule has 3 aromatic rings. The molecule has 0 spiro atoms. The summed E-state index contributed by atoms with van der Waals surface area (Å²) >= 11 is 0. The van der Waals surface area contributed by atoms with Crippen LogP contribution in [0.3, 0.4) is 0 Å². The van der Waals surface area contributed by atoms with E-state index in [1.165, 1.54) is 0 Å². The van der Waals surface area contributed by atoms with Gasteiger partial charge in [-0.2, -0.15) is 5.10 Å². The number of nitrogens with zero attached hydrogens (tertiary/aromatic N) is 3. The van der Waals surface area contributed by atoms with Crippen molar-refractivity contribution in [2.45, 2.75) is 0 Å². The number of methoxy groups -OCH3 is 1. The average Bonchev–Trinajstić information content (AvgIpc) is 2.98. The van der Waals surface area contributed by atoms with Gasteiger partial charge in [-0.15, -0.1) is 0 Å². The molecule has 0 amide bonds. The molecule has 3 rings (SSSR count). The largest absolute Gasteiger partial charge is 0.507 e. The smallest absolute Gasteiger partial charge is 0.153 e. The highest BCUT2D eigenvalue weighted by atomic mass is 16.5. The fraction of sp³-hybridized carbons (Fsp3) is 0.0667. The first-order valence-electron chi connectivity index (χ1n) is 6.12. The highest BCUT2D eigenvalue weighted by Gasteiger charge is 2.10. The molecule has 2 aromatic heterocycles. The van der Waals surface area contributed by atoms with Gasteiger partial charge in [0.2, 0.25) is 0 Å². The zero-order valence-electron chi connectivity index (χ0n) is 10.9. The number of hydrogen-bond donors (Lipinski definition) is 1. The molecular weight excluding hydrogens is 254 g/mol. The standard InChI is InChI=1S/C15H13N3O2/c1-20-11-5-6-14(19)12(10-11)13-7-9-18(17-13)15-4-2-3-8-16-15/h2-10,19H,1H3. The zero-order valence-corrected chi connectivity index (χ0v) is 10.9. The minimum absolute atomic E-state index is 0.164. The molecule has 0 aliphatic carbocycles. The number of pyridine rings is 1. The normalized spacial score (nSPS) is 10.4. The molecule has 0 bridgehead atoms.